The van der Waals surface area contributed by atoms with E-state index in [0.29, 0.717) is 12.4 Å². The number of methoxy groups -OCH3 is 1. The van der Waals surface area contributed by atoms with Crippen LogP contribution >= 0.6 is 11.3 Å². The van der Waals surface area contributed by atoms with E-state index in [9.17, 15) is 4.79 Å². The monoisotopic (exact) mass is 383 g/mol. The molecule has 0 N–H and O–H groups in total. The predicted octanol–water partition coefficient (Wildman–Crippen LogP) is 4.29. The number of carbonyl (C=O) groups is 1. The Morgan fingerprint density at radius 3 is 2.59 bits per heavy atom. The second kappa shape index (κ2) is 9.19. The van der Waals surface area contributed by atoms with Gasteiger partial charge in [0.2, 0.25) is 0 Å². The molecule has 0 unspecified atom stereocenters. The van der Waals surface area contributed by atoms with Gasteiger partial charge in [-0.15, -0.1) is 11.3 Å². The first-order valence-electron chi connectivity index (χ1n) is 8.58. The molecule has 0 aliphatic heterocycles. The molecule has 0 saturated heterocycles. The number of carbonyl (C=O) groups excluding carboxylic acids is 1. The van der Waals surface area contributed by atoms with E-state index >= 15 is 0 Å². The van der Waals surface area contributed by atoms with Crippen molar-refractivity contribution in [1.82, 2.24) is 4.98 Å². The highest BCUT2D eigenvalue weighted by atomic mass is 32.1. The molecule has 0 radical (unpaired) electrons. The number of hydrogen-bond acceptors (Lipinski definition) is 6. The molecule has 0 aliphatic carbocycles. The first-order valence-corrected chi connectivity index (χ1v) is 9.46. The van der Waals surface area contributed by atoms with Gasteiger partial charge < -0.3 is 14.2 Å². The van der Waals surface area contributed by atoms with Crippen LogP contribution in [-0.2, 0) is 16.0 Å². The van der Waals surface area contributed by atoms with Crippen LogP contribution in [0.5, 0.6) is 11.5 Å². The molecule has 0 aliphatic rings. The molecule has 2 aromatic carbocycles. The van der Waals surface area contributed by atoms with Crippen molar-refractivity contribution in [2.75, 3.05) is 20.3 Å². The van der Waals surface area contributed by atoms with Crippen LogP contribution in [0.4, 0.5) is 0 Å². The third-order valence-electron chi connectivity index (χ3n) is 3.82. The van der Waals surface area contributed by atoms with Gasteiger partial charge in [0.1, 0.15) is 29.7 Å². The maximum absolute atomic E-state index is 12.0. The first-order chi connectivity index (χ1) is 13.1. The van der Waals surface area contributed by atoms with Gasteiger partial charge in [0.05, 0.1) is 19.2 Å². The van der Waals surface area contributed by atoms with Gasteiger partial charge in [-0.3, -0.25) is 4.79 Å². The molecule has 0 spiro atoms. The Morgan fingerprint density at radius 1 is 1.07 bits per heavy atom. The minimum absolute atomic E-state index is 0.158. The van der Waals surface area contributed by atoms with Crippen molar-refractivity contribution < 1.29 is 19.0 Å². The SMILES string of the molecule is COc1ccc(OCCOC(=O)Cc2csc(-c3cccc(C)c3)n2)cc1. The lowest BCUT2D eigenvalue weighted by molar-refractivity contribution is -0.143. The fourth-order valence-electron chi connectivity index (χ4n) is 2.48. The van der Waals surface area contributed by atoms with Crippen LogP contribution in [0.3, 0.4) is 0 Å². The molecule has 6 heteroatoms. The van der Waals surface area contributed by atoms with Crippen molar-refractivity contribution >= 4 is 17.3 Å². The summed E-state index contributed by atoms with van der Waals surface area (Å²) < 4.78 is 15.8. The fraction of sp³-hybridized carbons (Fsp3) is 0.238. The Bertz CT molecular complexity index is 889. The number of thiazole rings is 1. The lowest BCUT2D eigenvalue weighted by atomic mass is 10.1. The Balaban J connectivity index is 1.43. The maximum Gasteiger partial charge on any atom is 0.312 e. The molecule has 0 fully saturated rings. The van der Waals surface area contributed by atoms with Gasteiger partial charge in [-0.2, -0.15) is 0 Å². The third-order valence-corrected chi connectivity index (χ3v) is 4.76. The van der Waals surface area contributed by atoms with Crippen LogP contribution in [0, 0.1) is 6.92 Å². The van der Waals surface area contributed by atoms with Crippen LogP contribution < -0.4 is 9.47 Å². The number of nitrogens with zero attached hydrogens (tertiary/aromatic N) is 1. The zero-order valence-electron chi connectivity index (χ0n) is 15.3. The molecule has 27 heavy (non-hydrogen) atoms. The Kier molecular flexibility index (Phi) is 6.44. The number of aromatic nitrogens is 1. The lowest BCUT2D eigenvalue weighted by Gasteiger charge is -2.07. The third kappa shape index (κ3) is 5.56. The zero-order chi connectivity index (χ0) is 19.1. The zero-order valence-corrected chi connectivity index (χ0v) is 16.1. The van der Waals surface area contributed by atoms with Gasteiger partial charge in [0.25, 0.3) is 0 Å². The van der Waals surface area contributed by atoms with Crippen LogP contribution in [0.2, 0.25) is 0 Å². The van der Waals surface area contributed by atoms with Crippen molar-refractivity contribution in [3.8, 4) is 22.1 Å². The largest absolute Gasteiger partial charge is 0.497 e. The highest BCUT2D eigenvalue weighted by Crippen LogP contribution is 2.24. The van der Waals surface area contributed by atoms with Gasteiger partial charge in [-0.25, -0.2) is 4.98 Å². The molecule has 0 amide bonds. The summed E-state index contributed by atoms with van der Waals surface area (Å²) in [5, 5.41) is 2.80. The molecule has 3 aromatic rings. The topological polar surface area (TPSA) is 57.7 Å². The highest BCUT2D eigenvalue weighted by molar-refractivity contribution is 7.13. The molecule has 0 saturated carbocycles. The highest BCUT2D eigenvalue weighted by Gasteiger charge is 2.10. The van der Waals surface area contributed by atoms with Crippen LogP contribution in [0.15, 0.2) is 53.9 Å². The Morgan fingerprint density at radius 2 is 1.85 bits per heavy atom. The van der Waals surface area contributed by atoms with E-state index in [4.69, 9.17) is 14.2 Å². The summed E-state index contributed by atoms with van der Waals surface area (Å²) in [5.41, 5.74) is 2.96. The first kappa shape index (κ1) is 18.9. The van der Waals surface area contributed by atoms with E-state index in [0.717, 1.165) is 22.0 Å². The van der Waals surface area contributed by atoms with E-state index < -0.39 is 0 Å². The predicted molar refractivity (Wildman–Crippen MR) is 105 cm³/mol. The molecule has 140 valence electrons. The summed E-state index contributed by atoms with van der Waals surface area (Å²) in [6.07, 6.45) is 0.158. The number of benzene rings is 2. The summed E-state index contributed by atoms with van der Waals surface area (Å²) in [5.74, 6) is 1.16. The van der Waals surface area contributed by atoms with E-state index in [2.05, 4.69) is 11.1 Å². The average Bonchev–Trinajstić information content (AvgIpc) is 3.14. The van der Waals surface area contributed by atoms with Gasteiger partial charge in [-0.05, 0) is 37.3 Å². The van der Waals surface area contributed by atoms with Crippen molar-refractivity contribution in [2.24, 2.45) is 0 Å². The summed E-state index contributed by atoms with van der Waals surface area (Å²) >= 11 is 1.53. The van der Waals surface area contributed by atoms with Crippen LogP contribution in [-0.4, -0.2) is 31.3 Å². The van der Waals surface area contributed by atoms with Crippen molar-refractivity contribution in [3.63, 3.8) is 0 Å². The van der Waals surface area contributed by atoms with Crippen molar-refractivity contribution in [1.29, 1.82) is 0 Å². The molecular formula is C21H21NO4S. The number of ether oxygens (including phenoxy) is 3. The minimum atomic E-state index is -0.311. The Labute approximate surface area is 162 Å². The number of aryl methyl sites for hydroxylation is 1. The second-order valence-corrected chi connectivity index (χ2v) is 6.79. The standard InChI is InChI=1S/C21H21NO4S/c1-15-4-3-5-16(12-15)21-22-17(14-27-21)13-20(23)26-11-10-25-19-8-6-18(24-2)7-9-19/h3-9,12,14H,10-11,13H2,1-2H3. The second-order valence-electron chi connectivity index (χ2n) is 5.93. The maximum atomic E-state index is 12.0. The summed E-state index contributed by atoms with van der Waals surface area (Å²) in [4.78, 5) is 16.5. The lowest BCUT2D eigenvalue weighted by Crippen LogP contribution is -2.14. The molecule has 5 nitrogen and oxygen atoms in total. The van der Waals surface area contributed by atoms with E-state index in [1.54, 1.807) is 7.11 Å². The van der Waals surface area contributed by atoms with Gasteiger partial charge in [0.15, 0.2) is 0 Å². The number of rotatable bonds is 8. The van der Waals surface area contributed by atoms with Crippen molar-refractivity contribution in [2.45, 2.75) is 13.3 Å². The van der Waals surface area contributed by atoms with Gasteiger partial charge >= 0.3 is 5.97 Å². The summed E-state index contributed by atoms with van der Waals surface area (Å²) in [6, 6.07) is 15.4. The molecule has 1 aromatic heterocycles. The minimum Gasteiger partial charge on any atom is -0.497 e. The van der Waals surface area contributed by atoms with E-state index in [-0.39, 0.29) is 19.0 Å². The number of hydrogen-bond donors (Lipinski definition) is 0. The molecule has 0 atom stereocenters. The summed E-state index contributed by atoms with van der Waals surface area (Å²) in [7, 11) is 1.61. The molecule has 0 bridgehead atoms. The average molecular weight is 383 g/mol. The normalized spacial score (nSPS) is 10.4. The van der Waals surface area contributed by atoms with E-state index in [1.165, 1.54) is 16.9 Å². The van der Waals surface area contributed by atoms with Crippen molar-refractivity contribution in [3.05, 3.63) is 65.2 Å². The van der Waals surface area contributed by atoms with Gasteiger partial charge in [-0.1, -0.05) is 23.8 Å². The van der Waals surface area contributed by atoms with E-state index in [1.807, 2.05) is 54.8 Å². The van der Waals surface area contributed by atoms with Crippen LogP contribution in [0.25, 0.3) is 10.6 Å². The van der Waals surface area contributed by atoms with Crippen LogP contribution in [0.1, 0.15) is 11.3 Å². The molecule has 3 rings (SSSR count). The number of esters is 1. The smallest absolute Gasteiger partial charge is 0.312 e. The fourth-order valence-corrected chi connectivity index (χ4v) is 3.30. The quantitative estimate of drug-likeness (QED) is 0.429. The van der Waals surface area contributed by atoms with Gasteiger partial charge in [0, 0.05) is 10.9 Å². The summed E-state index contributed by atoms with van der Waals surface area (Å²) in [6.45, 7) is 2.53. The molecule has 1 heterocycles. The Hall–Kier alpha value is -2.86. The molecular weight excluding hydrogens is 362 g/mol.